The van der Waals surface area contributed by atoms with Gasteiger partial charge in [-0.1, -0.05) is 24.3 Å². The number of hydrogen-bond donors (Lipinski definition) is 2. The van der Waals surface area contributed by atoms with Crippen molar-refractivity contribution in [3.63, 3.8) is 0 Å². The Bertz CT molecular complexity index is 529. The summed E-state index contributed by atoms with van der Waals surface area (Å²) < 4.78 is 5.90. The lowest BCUT2D eigenvalue weighted by Crippen LogP contribution is -2.63. The monoisotopic (exact) mass is 316 g/mol. The van der Waals surface area contributed by atoms with Gasteiger partial charge in [0.1, 0.15) is 0 Å². The molecule has 0 bridgehead atoms. The first-order valence-corrected chi connectivity index (χ1v) is 9.03. The van der Waals surface area contributed by atoms with Crippen LogP contribution in [0.4, 0.5) is 0 Å². The summed E-state index contributed by atoms with van der Waals surface area (Å²) in [6.45, 7) is 3.34. The van der Waals surface area contributed by atoms with Gasteiger partial charge in [0.15, 0.2) is 0 Å². The Hall–Kier alpha value is -0.940. The number of likely N-dealkylation sites (tertiary alicyclic amines) is 1. The van der Waals surface area contributed by atoms with Gasteiger partial charge in [-0.2, -0.15) is 0 Å². The van der Waals surface area contributed by atoms with Crippen molar-refractivity contribution < 1.29 is 9.84 Å². The normalized spacial score (nSPS) is 30.3. The summed E-state index contributed by atoms with van der Waals surface area (Å²) in [4.78, 5) is 2.64. The van der Waals surface area contributed by atoms with Crippen LogP contribution in [0.5, 0.6) is 0 Å². The van der Waals surface area contributed by atoms with Gasteiger partial charge in [-0.3, -0.25) is 4.90 Å². The number of nitrogens with two attached hydrogens (primary N) is 1. The number of piperidine rings is 1. The van der Waals surface area contributed by atoms with Crippen LogP contribution in [0.1, 0.15) is 30.4 Å². The van der Waals surface area contributed by atoms with Crippen LogP contribution in [-0.2, 0) is 17.6 Å². The van der Waals surface area contributed by atoms with Crippen molar-refractivity contribution in [2.75, 3.05) is 26.2 Å². The first-order valence-electron chi connectivity index (χ1n) is 9.03. The smallest absolute Gasteiger partial charge is 0.0682 e. The molecule has 1 spiro atoms. The second kappa shape index (κ2) is 6.17. The molecule has 1 heterocycles. The van der Waals surface area contributed by atoms with E-state index in [1.165, 1.54) is 24.0 Å². The van der Waals surface area contributed by atoms with Gasteiger partial charge in [0.2, 0.25) is 0 Å². The maximum Gasteiger partial charge on any atom is 0.0682 e. The van der Waals surface area contributed by atoms with Gasteiger partial charge >= 0.3 is 0 Å². The van der Waals surface area contributed by atoms with Gasteiger partial charge < -0.3 is 15.6 Å². The molecule has 3 N–H and O–H groups in total. The molecule has 2 atom stereocenters. The number of aliphatic hydroxyl groups excluding tert-OH is 1. The molecular formula is C19H28N2O2. The maximum absolute atomic E-state index is 10.4. The van der Waals surface area contributed by atoms with Crippen LogP contribution in [0.3, 0.4) is 0 Å². The fourth-order valence-corrected chi connectivity index (χ4v) is 4.93. The van der Waals surface area contributed by atoms with Crippen LogP contribution >= 0.6 is 0 Å². The molecule has 126 valence electrons. The summed E-state index contributed by atoms with van der Waals surface area (Å²) in [7, 11) is 0. The number of benzene rings is 1. The Morgan fingerprint density at radius 3 is 2.39 bits per heavy atom. The summed E-state index contributed by atoms with van der Waals surface area (Å²) in [5.74, 6) is 0. The van der Waals surface area contributed by atoms with Crippen molar-refractivity contribution in [2.24, 2.45) is 11.1 Å². The van der Waals surface area contributed by atoms with Crippen LogP contribution in [0.2, 0.25) is 0 Å². The topological polar surface area (TPSA) is 58.7 Å². The van der Waals surface area contributed by atoms with E-state index in [2.05, 4.69) is 29.2 Å². The van der Waals surface area contributed by atoms with Crippen molar-refractivity contribution in [1.29, 1.82) is 0 Å². The molecule has 23 heavy (non-hydrogen) atoms. The number of nitrogens with zero attached hydrogens (tertiary/aromatic N) is 1. The molecule has 0 amide bonds. The van der Waals surface area contributed by atoms with E-state index in [9.17, 15) is 5.11 Å². The van der Waals surface area contributed by atoms with Crippen molar-refractivity contribution in [3.05, 3.63) is 35.4 Å². The lowest BCUT2D eigenvalue weighted by atomic mass is 9.58. The molecule has 1 saturated heterocycles. The minimum absolute atomic E-state index is 0.00285. The summed E-state index contributed by atoms with van der Waals surface area (Å²) in [6.07, 6.45) is 5.27. The lowest BCUT2D eigenvalue weighted by Gasteiger charge is -2.57. The van der Waals surface area contributed by atoms with Gasteiger partial charge in [0.05, 0.1) is 18.8 Å². The van der Waals surface area contributed by atoms with Crippen molar-refractivity contribution in [1.82, 2.24) is 4.90 Å². The molecule has 1 aliphatic heterocycles. The fraction of sp³-hybridized carbons (Fsp3) is 0.684. The van der Waals surface area contributed by atoms with E-state index >= 15 is 0 Å². The van der Waals surface area contributed by atoms with E-state index in [1.54, 1.807) is 0 Å². The molecule has 1 saturated carbocycles. The van der Waals surface area contributed by atoms with Crippen molar-refractivity contribution >= 4 is 0 Å². The number of hydrogen-bond acceptors (Lipinski definition) is 4. The van der Waals surface area contributed by atoms with Gasteiger partial charge in [-0.05, 0) is 49.9 Å². The molecule has 3 aliphatic rings. The summed E-state index contributed by atoms with van der Waals surface area (Å²) >= 11 is 0. The van der Waals surface area contributed by atoms with E-state index in [1.807, 2.05) is 0 Å². The summed E-state index contributed by atoms with van der Waals surface area (Å²) in [5.41, 5.74) is 8.59. The minimum atomic E-state index is -0.187. The third-order valence-corrected chi connectivity index (χ3v) is 6.45. The lowest BCUT2D eigenvalue weighted by molar-refractivity contribution is -0.211. The van der Waals surface area contributed by atoms with Crippen LogP contribution < -0.4 is 5.73 Å². The molecule has 2 fully saturated rings. The molecule has 0 unspecified atom stereocenters. The van der Waals surface area contributed by atoms with Gasteiger partial charge in [-0.15, -0.1) is 0 Å². The zero-order valence-electron chi connectivity index (χ0n) is 13.8. The molecular weight excluding hydrogens is 288 g/mol. The zero-order chi connectivity index (χ0) is 15.9. The first-order chi connectivity index (χ1) is 11.2. The first kappa shape index (κ1) is 15.6. The Kier molecular flexibility index (Phi) is 4.18. The SMILES string of the molecule is NCCO[C@@H]1C[C@H](O)C12CCN(C1Cc3ccccc3C1)CC2. The van der Waals surface area contributed by atoms with Crippen LogP contribution in [0.15, 0.2) is 24.3 Å². The zero-order valence-corrected chi connectivity index (χ0v) is 13.8. The fourth-order valence-electron chi connectivity index (χ4n) is 4.93. The summed E-state index contributed by atoms with van der Waals surface area (Å²) in [6, 6.07) is 9.48. The highest BCUT2D eigenvalue weighted by Crippen LogP contribution is 2.51. The van der Waals surface area contributed by atoms with Crippen LogP contribution in [-0.4, -0.2) is 54.5 Å². The second-order valence-corrected chi connectivity index (χ2v) is 7.50. The van der Waals surface area contributed by atoms with E-state index in [4.69, 9.17) is 10.5 Å². The standard InChI is InChI=1S/C19H28N2O2/c20-7-10-23-18-13-17(22)19(18)5-8-21(9-6-19)16-11-14-3-1-2-4-15(14)12-16/h1-4,16-18,22H,5-13,20H2/t17-,18+/m0/s1. The maximum atomic E-state index is 10.4. The molecule has 4 heteroatoms. The van der Waals surface area contributed by atoms with Crippen molar-refractivity contribution in [2.45, 2.75) is 50.4 Å². The molecule has 2 aliphatic carbocycles. The Balaban J connectivity index is 1.36. The van der Waals surface area contributed by atoms with E-state index in [0.717, 1.165) is 32.4 Å². The van der Waals surface area contributed by atoms with Gasteiger partial charge in [-0.25, -0.2) is 0 Å². The molecule has 0 aromatic heterocycles. The number of fused-ring (bicyclic) bond motifs is 1. The molecule has 0 radical (unpaired) electrons. The quantitative estimate of drug-likeness (QED) is 0.880. The predicted molar refractivity (Wildman–Crippen MR) is 90.3 cm³/mol. The van der Waals surface area contributed by atoms with Gasteiger partial charge in [0.25, 0.3) is 0 Å². The van der Waals surface area contributed by atoms with Crippen LogP contribution in [0, 0.1) is 5.41 Å². The molecule has 4 nitrogen and oxygen atoms in total. The highest BCUT2D eigenvalue weighted by atomic mass is 16.5. The third-order valence-electron chi connectivity index (χ3n) is 6.45. The van der Waals surface area contributed by atoms with Gasteiger partial charge in [0, 0.05) is 24.4 Å². The Labute approximate surface area is 138 Å². The minimum Gasteiger partial charge on any atom is -0.392 e. The van der Waals surface area contributed by atoms with Crippen molar-refractivity contribution in [3.8, 4) is 0 Å². The average Bonchev–Trinajstić information content (AvgIpc) is 3.02. The molecule has 1 aromatic carbocycles. The average molecular weight is 316 g/mol. The molecule has 1 aromatic rings. The highest BCUT2D eigenvalue weighted by molar-refractivity contribution is 5.33. The largest absolute Gasteiger partial charge is 0.392 e. The van der Waals surface area contributed by atoms with E-state index in [0.29, 0.717) is 19.2 Å². The van der Waals surface area contributed by atoms with E-state index in [-0.39, 0.29) is 17.6 Å². The number of rotatable bonds is 4. The van der Waals surface area contributed by atoms with Crippen LogP contribution in [0.25, 0.3) is 0 Å². The Morgan fingerprint density at radius 2 is 1.83 bits per heavy atom. The predicted octanol–water partition coefficient (Wildman–Crippen LogP) is 1.34. The number of ether oxygens (including phenoxy) is 1. The second-order valence-electron chi connectivity index (χ2n) is 7.50. The summed E-state index contributed by atoms with van der Waals surface area (Å²) in [5, 5.41) is 10.4. The Morgan fingerprint density at radius 1 is 1.17 bits per heavy atom. The third kappa shape index (κ3) is 2.62. The molecule has 4 rings (SSSR count). The van der Waals surface area contributed by atoms with E-state index < -0.39 is 0 Å². The number of aliphatic hydroxyl groups is 1. The highest BCUT2D eigenvalue weighted by Gasteiger charge is 2.56.